The largest absolute Gasteiger partial charge is 0.444 e. The van der Waals surface area contributed by atoms with E-state index in [4.69, 9.17) is 4.74 Å². The molecule has 1 fully saturated rings. The Kier molecular flexibility index (Phi) is 4.55. The molecule has 0 radical (unpaired) electrons. The molecule has 1 amide bonds. The van der Waals surface area contributed by atoms with Crippen LogP contribution in [0.3, 0.4) is 0 Å². The van der Waals surface area contributed by atoms with Gasteiger partial charge >= 0.3 is 6.09 Å². The zero-order valence-corrected chi connectivity index (χ0v) is 13.8. The summed E-state index contributed by atoms with van der Waals surface area (Å²) in [5.41, 5.74) is 3.02. The first-order valence-electron chi connectivity index (χ1n) is 7.65. The highest BCUT2D eigenvalue weighted by molar-refractivity contribution is 5.68. The van der Waals surface area contributed by atoms with Crippen LogP contribution in [-0.2, 0) is 11.2 Å². The van der Waals surface area contributed by atoms with Crippen LogP contribution in [0.1, 0.15) is 44.1 Å². The first-order chi connectivity index (χ1) is 9.73. The van der Waals surface area contributed by atoms with E-state index >= 15 is 0 Å². The Balaban J connectivity index is 1.92. The Morgan fingerprint density at radius 2 is 1.95 bits per heavy atom. The summed E-state index contributed by atoms with van der Waals surface area (Å²) in [7, 11) is 0. The Morgan fingerprint density at radius 1 is 1.33 bits per heavy atom. The quantitative estimate of drug-likeness (QED) is 0.837. The van der Waals surface area contributed by atoms with Crippen molar-refractivity contribution in [2.75, 3.05) is 13.1 Å². The first kappa shape index (κ1) is 15.8. The lowest BCUT2D eigenvalue weighted by molar-refractivity contribution is 0.0288. The molecule has 2 heterocycles. The van der Waals surface area contributed by atoms with E-state index in [2.05, 4.69) is 17.1 Å². The molecule has 116 valence electrons. The van der Waals surface area contributed by atoms with Crippen LogP contribution in [0.4, 0.5) is 4.79 Å². The number of likely N-dealkylation sites (tertiary alicyclic amines) is 1. The molecule has 4 heteroatoms. The smallest absolute Gasteiger partial charge is 0.410 e. The van der Waals surface area contributed by atoms with Crippen molar-refractivity contribution in [2.45, 2.75) is 53.1 Å². The van der Waals surface area contributed by atoms with Crippen molar-refractivity contribution in [3.05, 3.63) is 29.1 Å². The molecule has 1 aliphatic rings. The van der Waals surface area contributed by atoms with E-state index < -0.39 is 5.60 Å². The van der Waals surface area contributed by atoms with Crippen LogP contribution in [0.5, 0.6) is 0 Å². The SMILES string of the molecule is Cc1cc(C[C@@H]2CCN(C(=O)OC(C)(C)C)C2)cc(C)n1. The van der Waals surface area contributed by atoms with Crippen LogP contribution in [-0.4, -0.2) is 34.7 Å². The molecule has 0 spiro atoms. The van der Waals surface area contributed by atoms with Crippen LogP contribution >= 0.6 is 0 Å². The van der Waals surface area contributed by atoms with Gasteiger partial charge in [-0.15, -0.1) is 0 Å². The van der Waals surface area contributed by atoms with Crippen LogP contribution in [0.15, 0.2) is 12.1 Å². The second-order valence-corrected chi connectivity index (χ2v) is 7.04. The fourth-order valence-corrected chi connectivity index (χ4v) is 2.86. The van der Waals surface area contributed by atoms with E-state index in [-0.39, 0.29) is 6.09 Å². The van der Waals surface area contributed by atoms with E-state index in [1.807, 2.05) is 39.5 Å². The summed E-state index contributed by atoms with van der Waals surface area (Å²) in [6.45, 7) is 11.3. The molecule has 0 saturated carbocycles. The number of aryl methyl sites for hydroxylation is 2. The second-order valence-electron chi connectivity index (χ2n) is 7.04. The van der Waals surface area contributed by atoms with E-state index in [0.717, 1.165) is 37.3 Å². The predicted molar refractivity (Wildman–Crippen MR) is 83.3 cm³/mol. The lowest BCUT2D eigenvalue weighted by Crippen LogP contribution is -2.35. The molecule has 0 unspecified atom stereocenters. The number of nitrogens with zero attached hydrogens (tertiary/aromatic N) is 2. The summed E-state index contributed by atoms with van der Waals surface area (Å²) >= 11 is 0. The van der Waals surface area contributed by atoms with E-state index in [0.29, 0.717) is 5.92 Å². The van der Waals surface area contributed by atoms with Crippen LogP contribution < -0.4 is 0 Å². The summed E-state index contributed by atoms with van der Waals surface area (Å²) in [5, 5.41) is 0. The fourth-order valence-electron chi connectivity index (χ4n) is 2.86. The van der Waals surface area contributed by atoms with Gasteiger partial charge in [-0.05, 0) is 71.1 Å². The molecule has 1 aliphatic heterocycles. The number of carbonyl (C=O) groups is 1. The summed E-state index contributed by atoms with van der Waals surface area (Å²) in [6.07, 6.45) is 1.86. The number of aromatic nitrogens is 1. The van der Waals surface area contributed by atoms with Gasteiger partial charge in [-0.2, -0.15) is 0 Å². The van der Waals surface area contributed by atoms with Crippen molar-refractivity contribution in [1.82, 2.24) is 9.88 Å². The van der Waals surface area contributed by atoms with Crippen molar-refractivity contribution >= 4 is 6.09 Å². The van der Waals surface area contributed by atoms with Crippen LogP contribution in [0, 0.1) is 19.8 Å². The molecule has 0 aliphatic carbocycles. The molecule has 1 aromatic heterocycles. The van der Waals surface area contributed by atoms with E-state index in [9.17, 15) is 4.79 Å². The van der Waals surface area contributed by atoms with Crippen molar-refractivity contribution in [3.8, 4) is 0 Å². The van der Waals surface area contributed by atoms with Crippen molar-refractivity contribution < 1.29 is 9.53 Å². The molecule has 1 aromatic rings. The van der Waals surface area contributed by atoms with Gasteiger partial charge in [0.05, 0.1) is 0 Å². The van der Waals surface area contributed by atoms with Gasteiger partial charge in [-0.3, -0.25) is 4.98 Å². The molecule has 1 saturated heterocycles. The van der Waals surface area contributed by atoms with E-state index in [1.54, 1.807) is 0 Å². The number of hydrogen-bond acceptors (Lipinski definition) is 3. The third-order valence-corrected chi connectivity index (χ3v) is 3.60. The molecule has 0 bridgehead atoms. The summed E-state index contributed by atoms with van der Waals surface area (Å²) in [5.74, 6) is 0.513. The van der Waals surface area contributed by atoms with Gasteiger partial charge in [0.25, 0.3) is 0 Å². The van der Waals surface area contributed by atoms with Crippen molar-refractivity contribution in [1.29, 1.82) is 0 Å². The van der Waals surface area contributed by atoms with Crippen LogP contribution in [0.25, 0.3) is 0 Å². The summed E-state index contributed by atoms with van der Waals surface area (Å²) in [4.78, 5) is 18.3. The zero-order chi connectivity index (χ0) is 15.6. The maximum atomic E-state index is 12.1. The third-order valence-electron chi connectivity index (χ3n) is 3.60. The average Bonchev–Trinajstić information content (AvgIpc) is 2.73. The second kappa shape index (κ2) is 6.04. The van der Waals surface area contributed by atoms with Crippen molar-refractivity contribution in [2.24, 2.45) is 5.92 Å². The van der Waals surface area contributed by atoms with Gasteiger partial charge < -0.3 is 9.64 Å². The highest BCUT2D eigenvalue weighted by atomic mass is 16.6. The standard InChI is InChI=1S/C17H26N2O2/c1-12-8-15(9-13(2)18-12)10-14-6-7-19(11-14)16(20)21-17(3,4)5/h8-9,14H,6-7,10-11H2,1-5H3/t14-/m0/s1. The molecular weight excluding hydrogens is 264 g/mol. The van der Waals surface area contributed by atoms with Gasteiger partial charge in [0.15, 0.2) is 0 Å². The van der Waals surface area contributed by atoms with Gasteiger partial charge in [0.2, 0.25) is 0 Å². The van der Waals surface area contributed by atoms with Crippen molar-refractivity contribution in [3.63, 3.8) is 0 Å². The average molecular weight is 290 g/mol. The maximum Gasteiger partial charge on any atom is 0.410 e. The van der Waals surface area contributed by atoms with Crippen LogP contribution in [0.2, 0.25) is 0 Å². The minimum absolute atomic E-state index is 0.188. The van der Waals surface area contributed by atoms with Gasteiger partial charge in [-0.1, -0.05) is 0 Å². The highest BCUT2D eigenvalue weighted by Crippen LogP contribution is 2.23. The Hall–Kier alpha value is -1.58. The number of pyridine rings is 1. The number of carbonyl (C=O) groups excluding carboxylic acids is 1. The Bertz CT molecular complexity index is 500. The lowest BCUT2D eigenvalue weighted by Gasteiger charge is -2.24. The normalized spacial score (nSPS) is 18.9. The van der Waals surface area contributed by atoms with Gasteiger partial charge in [-0.25, -0.2) is 4.79 Å². The Morgan fingerprint density at radius 3 is 2.52 bits per heavy atom. The highest BCUT2D eigenvalue weighted by Gasteiger charge is 2.29. The molecule has 4 nitrogen and oxygen atoms in total. The fraction of sp³-hybridized carbons (Fsp3) is 0.647. The molecule has 0 N–H and O–H groups in total. The summed E-state index contributed by atoms with van der Waals surface area (Å²) < 4.78 is 5.44. The first-order valence-corrected chi connectivity index (χ1v) is 7.65. The Labute approximate surface area is 127 Å². The molecule has 2 rings (SSSR count). The molecule has 1 atom stereocenters. The van der Waals surface area contributed by atoms with Gasteiger partial charge in [0, 0.05) is 24.5 Å². The maximum absolute atomic E-state index is 12.1. The topological polar surface area (TPSA) is 42.4 Å². The molecule has 0 aromatic carbocycles. The lowest BCUT2D eigenvalue weighted by atomic mass is 9.98. The van der Waals surface area contributed by atoms with E-state index in [1.165, 1.54) is 5.56 Å². The molecule has 21 heavy (non-hydrogen) atoms. The number of ether oxygens (including phenoxy) is 1. The van der Waals surface area contributed by atoms with Gasteiger partial charge in [0.1, 0.15) is 5.60 Å². The molecular formula is C17H26N2O2. The third kappa shape index (κ3) is 4.73. The number of rotatable bonds is 2. The predicted octanol–water partition coefficient (Wildman–Crippen LogP) is 3.50. The number of hydrogen-bond donors (Lipinski definition) is 0. The minimum Gasteiger partial charge on any atom is -0.444 e. The number of amides is 1. The minimum atomic E-state index is -0.422. The zero-order valence-electron chi connectivity index (χ0n) is 13.8. The summed E-state index contributed by atoms with van der Waals surface area (Å²) in [6, 6.07) is 4.28. The monoisotopic (exact) mass is 290 g/mol.